The van der Waals surface area contributed by atoms with Gasteiger partial charge in [-0.3, -0.25) is 5.10 Å². The zero-order valence-electron chi connectivity index (χ0n) is 18.2. The molecule has 3 aromatic heterocycles. The maximum atomic E-state index is 12.0. The van der Waals surface area contributed by atoms with Gasteiger partial charge >= 0.3 is 6.09 Å². The normalized spacial score (nSPS) is 15.4. The van der Waals surface area contributed by atoms with E-state index in [9.17, 15) is 4.79 Å². The van der Waals surface area contributed by atoms with Crippen molar-refractivity contribution in [3.63, 3.8) is 0 Å². The first-order chi connectivity index (χ1) is 16.0. The zero-order chi connectivity index (χ0) is 22.9. The summed E-state index contributed by atoms with van der Waals surface area (Å²) in [7, 11) is 3.38. The summed E-state index contributed by atoms with van der Waals surface area (Å²) >= 11 is 7.47. The zero-order valence-corrected chi connectivity index (χ0v) is 19.8. The van der Waals surface area contributed by atoms with E-state index in [2.05, 4.69) is 25.5 Å². The van der Waals surface area contributed by atoms with Gasteiger partial charge < -0.3 is 19.7 Å². The Labute approximate surface area is 199 Å². The van der Waals surface area contributed by atoms with Gasteiger partial charge in [-0.1, -0.05) is 0 Å². The van der Waals surface area contributed by atoms with Crippen LogP contribution in [0.2, 0.25) is 0 Å². The van der Waals surface area contributed by atoms with Crippen molar-refractivity contribution in [2.45, 2.75) is 25.4 Å². The number of hydrogen-bond acceptors (Lipinski definition) is 8. The molecule has 5 rings (SSSR count). The van der Waals surface area contributed by atoms with Crippen LogP contribution < -0.4 is 10.1 Å². The Morgan fingerprint density at radius 3 is 3.06 bits per heavy atom. The molecule has 3 heterocycles. The maximum absolute atomic E-state index is 12.0. The summed E-state index contributed by atoms with van der Waals surface area (Å²) in [6.07, 6.45) is 5.11. The average Bonchev–Trinajstić information content (AvgIpc) is 3.41. The number of hydrogen-bond donors (Lipinski definition) is 2. The molecule has 1 aliphatic carbocycles. The predicted octanol–water partition coefficient (Wildman–Crippen LogP) is 4.48. The Kier molecular flexibility index (Phi) is 5.94. The average molecular weight is 487 g/mol. The fourth-order valence-electron chi connectivity index (χ4n) is 3.99. The number of thiophene rings is 1. The van der Waals surface area contributed by atoms with Crippen molar-refractivity contribution in [2.75, 3.05) is 31.9 Å². The van der Waals surface area contributed by atoms with E-state index in [-0.39, 0.29) is 12.2 Å². The summed E-state index contributed by atoms with van der Waals surface area (Å²) in [5.41, 5.74) is 2.87. The minimum Gasteiger partial charge on any atom is -0.490 e. The quantitative estimate of drug-likeness (QED) is 0.387. The molecular formula is C22H23ClN6O3S. The maximum Gasteiger partial charge on any atom is 0.409 e. The van der Waals surface area contributed by atoms with Crippen LogP contribution >= 0.6 is 22.9 Å². The highest BCUT2D eigenvalue weighted by atomic mass is 35.5. The van der Waals surface area contributed by atoms with E-state index in [0.717, 1.165) is 45.5 Å². The molecule has 9 nitrogen and oxygen atoms in total. The van der Waals surface area contributed by atoms with E-state index in [1.54, 1.807) is 38.0 Å². The smallest absolute Gasteiger partial charge is 0.409 e. The van der Waals surface area contributed by atoms with Crippen LogP contribution in [-0.4, -0.2) is 63.8 Å². The van der Waals surface area contributed by atoms with Gasteiger partial charge in [-0.05, 0) is 24.5 Å². The van der Waals surface area contributed by atoms with E-state index in [4.69, 9.17) is 21.1 Å². The number of benzene rings is 1. The fraction of sp³-hybridized carbons (Fsp3) is 0.364. The Morgan fingerprint density at radius 1 is 1.36 bits per heavy atom. The van der Waals surface area contributed by atoms with Crippen molar-refractivity contribution in [3.8, 4) is 5.75 Å². The second kappa shape index (κ2) is 9.03. The number of halogens is 1. The number of ether oxygens (including phenoxy) is 2. The molecule has 0 saturated heterocycles. The van der Waals surface area contributed by atoms with Crippen molar-refractivity contribution in [1.82, 2.24) is 25.1 Å². The molecule has 0 spiro atoms. The molecule has 2 N–H and O–H groups in total. The third-order valence-corrected chi connectivity index (χ3v) is 6.88. The van der Waals surface area contributed by atoms with Crippen LogP contribution in [0.15, 0.2) is 24.7 Å². The number of fused-ring (bicyclic) bond motifs is 4. The standard InChI is InChI=1S/C22H23ClN6O3S/c1-29(2)22(30)32-13-3-4-14-18(8-13)33-21-19(14)20(24-11-25-21)27-16-7-12-10-26-28-15(12)9-17(16)31-6-5-23/h7,9-11,13H,3-6,8H2,1-2H3,(H,26,28)(H,24,25,27). The number of H-pyrrole nitrogens is 1. The highest BCUT2D eigenvalue weighted by Crippen LogP contribution is 2.41. The van der Waals surface area contributed by atoms with E-state index in [1.165, 1.54) is 15.3 Å². The number of rotatable bonds is 6. The van der Waals surface area contributed by atoms with E-state index in [0.29, 0.717) is 24.7 Å². The number of carbonyl (C=O) groups is 1. The van der Waals surface area contributed by atoms with Gasteiger partial charge in [0.15, 0.2) is 0 Å². The van der Waals surface area contributed by atoms with Crippen LogP contribution in [0.5, 0.6) is 5.75 Å². The lowest BCUT2D eigenvalue weighted by molar-refractivity contribution is 0.0685. The summed E-state index contributed by atoms with van der Waals surface area (Å²) < 4.78 is 11.5. The molecule has 1 unspecified atom stereocenters. The second-order valence-electron chi connectivity index (χ2n) is 8.02. The molecule has 172 valence electrons. The summed E-state index contributed by atoms with van der Waals surface area (Å²) in [4.78, 5) is 24.6. The third-order valence-electron chi connectivity index (χ3n) is 5.56. The first-order valence-corrected chi connectivity index (χ1v) is 11.9. The molecule has 33 heavy (non-hydrogen) atoms. The second-order valence-corrected chi connectivity index (χ2v) is 9.48. The largest absolute Gasteiger partial charge is 0.490 e. The number of aryl methyl sites for hydroxylation is 1. The Hall–Kier alpha value is -3.11. The Bertz CT molecular complexity index is 1320. The molecule has 0 fully saturated rings. The lowest BCUT2D eigenvalue weighted by Gasteiger charge is -2.24. The molecule has 0 saturated carbocycles. The highest BCUT2D eigenvalue weighted by Gasteiger charge is 2.28. The predicted molar refractivity (Wildman–Crippen MR) is 129 cm³/mol. The van der Waals surface area contributed by atoms with Gasteiger partial charge in [-0.15, -0.1) is 22.9 Å². The van der Waals surface area contributed by atoms with Crippen molar-refractivity contribution < 1.29 is 14.3 Å². The molecule has 0 bridgehead atoms. The van der Waals surface area contributed by atoms with Crippen molar-refractivity contribution in [1.29, 1.82) is 0 Å². The number of aromatic amines is 1. The lowest BCUT2D eigenvalue weighted by Crippen LogP contribution is -2.31. The number of carbonyl (C=O) groups excluding carboxylic acids is 1. The minimum absolute atomic E-state index is 0.135. The first-order valence-electron chi connectivity index (χ1n) is 10.6. The van der Waals surface area contributed by atoms with Gasteiger partial charge in [0.25, 0.3) is 0 Å². The third kappa shape index (κ3) is 4.28. The molecule has 11 heteroatoms. The van der Waals surface area contributed by atoms with Crippen molar-refractivity contribution in [2.24, 2.45) is 0 Å². The number of aromatic nitrogens is 4. The molecule has 0 aliphatic heterocycles. The monoisotopic (exact) mass is 486 g/mol. The van der Waals surface area contributed by atoms with Crippen LogP contribution in [0.1, 0.15) is 16.9 Å². The number of nitrogens with one attached hydrogen (secondary N) is 2. The van der Waals surface area contributed by atoms with Crippen molar-refractivity contribution in [3.05, 3.63) is 35.1 Å². The summed E-state index contributed by atoms with van der Waals surface area (Å²) in [6, 6.07) is 3.88. The number of alkyl halides is 1. The first kappa shape index (κ1) is 21.7. The molecule has 1 atom stereocenters. The van der Waals surface area contributed by atoms with Crippen LogP contribution in [0.25, 0.3) is 21.1 Å². The van der Waals surface area contributed by atoms with Crippen LogP contribution in [0, 0.1) is 0 Å². The lowest BCUT2D eigenvalue weighted by atomic mass is 9.94. The van der Waals surface area contributed by atoms with Gasteiger partial charge in [-0.25, -0.2) is 14.8 Å². The topological polar surface area (TPSA) is 105 Å². The van der Waals surface area contributed by atoms with Crippen LogP contribution in [-0.2, 0) is 17.6 Å². The van der Waals surface area contributed by atoms with Crippen LogP contribution in [0.4, 0.5) is 16.3 Å². The molecule has 0 radical (unpaired) electrons. The summed E-state index contributed by atoms with van der Waals surface area (Å²) in [6.45, 7) is 0.385. The SMILES string of the molecule is CN(C)C(=O)OC1CCc2c(sc3ncnc(Nc4cc5cn[nH]c5cc4OCCCl)c23)C1. The minimum atomic E-state index is -0.314. The molecule has 1 amide bonds. The van der Waals surface area contributed by atoms with Gasteiger partial charge in [-0.2, -0.15) is 5.10 Å². The van der Waals surface area contributed by atoms with E-state index in [1.807, 2.05) is 12.1 Å². The Balaban J connectivity index is 1.48. The highest BCUT2D eigenvalue weighted by molar-refractivity contribution is 7.19. The van der Waals surface area contributed by atoms with Gasteiger partial charge in [0, 0.05) is 36.8 Å². The molecular weight excluding hydrogens is 464 g/mol. The fourth-order valence-corrected chi connectivity index (χ4v) is 5.32. The molecule has 1 aliphatic rings. The summed E-state index contributed by atoms with van der Waals surface area (Å²) in [5.74, 6) is 1.77. The van der Waals surface area contributed by atoms with E-state index >= 15 is 0 Å². The van der Waals surface area contributed by atoms with Gasteiger partial charge in [0.1, 0.15) is 35.4 Å². The van der Waals surface area contributed by atoms with Crippen molar-refractivity contribution >= 4 is 61.7 Å². The molecule has 1 aromatic carbocycles. The van der Waals surface area contributed by atoms with Crippen LogP contribution in [0.3, 0.4) is 0 Å². The van der Waals surface area contributed by atoms with Gasteiger partial charge in [0.05, 0.1) is 28.7 Å². The Morgan fingerprint density at radius 2 is 2.24 bits per heavy atom. The molecule has 4 aromatic rings. The van der Waals surface area contributed by atoms with Gasteiger partial charge in [0.2, 0.25) is 0 Å². The van der Waals surface area contributed by atoms with E-state index < -0.39 is 0 Å². The number of amides is 1. The number of anilines is 2. The number of nitrogens with zero attached hydrogens (tertiary/aromatic N) is 4. The summed E-state index contributed by atoms with van der Waals surface area (Å²) in [5, 5.41) is 12.5.